The van der Waals surface area contributed by atoms with E-state index in [1.165, 1.54) is 0 Å². The fraction of sp³-hybridized carbons (Fsp3) is 0.647. The molecule has 1 aromatic heterocycles. The van der Waals surface area contributed by atoms with E-state index in [1.54, 1.807) is 20.0 Å². The van der Waals surface area contributed by atoms with Crippen molar-refractivity contribution in [3.8, 4) is 0 Å². The molecule has 0 unspecified atom stereocenters. The molecule has 1 fully saturated rings. The molecule has 140 valence electrons. The van der Waals surface area contributed by atoms with Crippen LogP contribution in [0.25, 0.3) is 0 Å². The maximum atomic E-state index is 12.2. The number of hydrogen-bond donors (Lipinski definition) is 1. The first kappa shape index (κ1) is 19.5. The quantitative estimate of drug-likeness (QED) is 0.635. The minimum absolute atomic E-state index is 0.157. The van der Waals surface area contributed by atoms with E-state index < -0.39 is 14.6 Å². The summed E-state index contributed by atoms with van der Waals surface area (Å²) in [6.07, 6.45) is 1.78. The molecule has 2 heterocycles. The van der Waals surface area contributed by atoms with Gasteiger partial charge in [0.1, 0.15) is 5.82 Å². The lowest BCUT2D eigenvalue weighted by Gasteiger charge is -2.39. The van der Waals surface area contributed by atoms with Crippen LogP contribution >= 0.6 is 0 Å². The minimum Gasteiger partial charge on any atom is -0.363 e. The molecule has 0 aromatic carbocycles. The summed E-state index contributed by atoms with van der Waals surface area (Å²) >= 11 is 0. The predicted octanol–water partition coefficient (Wildman–Crippen LogP) is 1.12. The summed E-state index contributed by atoms with van der Waals surface area (Å²) in [6.45, 7) is 7.75. The maximum absolute atomic E-state index is 12.2. The molecule has 25 heavy (non-hydrogen) atoms. The lowest BCUT2D eigenvalue weighted by Crippen LogP contribution is -2.57. The van der Waals surface area contributed by atoms with Crippen LogP contribution in [0.4, 0.5) is 5.82 Å². The highest BCUT2D eigenvalue weighted by Crippen LogP contribution is 2.23. The average Bonchev–Trinajstić information content (AvgIpc) is 2.54. The molecular weight excluding hydrogens is 338 g/mol. The summed E-state index contributed by atoms with van der Waals surface area (Å²) in [7, 11) is 0.845. The van der Waals surface area contributed by atoms with Crippen molar-refractivity contribution in [2.75, 3.05) is 44.4 Å². The Labute approximate surface area is 151 Å². The molecule has 1 aliphatic rings. The van der Waals surface area contributed by atoms with Crippen molar-refractivity contribution >= 4 is 21.6 Å². The maximum Gasteiger partial charge on any atom is 0.194 e. The van der Waals surface area contributed by atoms with Crippen molar-refractivity contribution in [1.29, 1.82) is 0 Å². The van der Waals surface area contributed by atoms with Crippen molar-refractivity contribution in [1.82, 2.24) is 15.2 Å². The van der Waals surface area contributed by atoms with Gasteiger partial charge in [-0.2, -0.15) is 0 Å². The molecule has 0 atom stereocenters. The van der Waals surface area contributed by atoms with Crippen LogP contribution in [0.3, 0.4) is 0 Å². The normalized spacial score (nSPS) is 19.6. The van der Waals surface area contributed by atoms with Crippen molar-refractivity contribution in [2.45, 2.75) is 32.1 Å². The number of anilines is 1. The van der Waals surface area contributed by atoms with Crippen LogP contribution in [0.5, 0.6) is 0 Å². The van der Waals surface area contributed by atoms with Crippen LogP contribution < -0.4 is 10.2 Å². The number of nitrogens with one attached hydrogen (secondary N) is 1. The van der Waals surface area contributed by atoms with E-state index >= 15 is 0 Å². The standard InChI is InChI=1S/C17H29N5O2S/c1-6-18-16(22-9-10-25(23,24)17(2,3)13-22)20-12-14-7-8-19-15(11-14)21(4)5/h7-8,11H,6,9-10,12-13H2,1-5H3,(H,18,20). The van der Waals surface area contributed by atoms with Crippen molar-refractivity contribution < 1.29 is 8.42 Å². The summed E-state index contributed by atoms with van der Waals surface area (Å²) in [6, 6.07) is 3.96. The minimum atomic E-state index is -3.06. The Morgan fingerprint density at radius 3 is 2.76 bits per heavy atom. The van der Waals surface area contributed by atoms with Gasteiger partial charge in [-0.3, -0.25) is 0 Å². The van der Waals surface area contributed by atoms with Gasteiger partial charge in [0.15, 0.2) is 15.8 Å². The average molecular weight is 368 g/mol. The molecule has 0 radical (unpaired) electrons. The Morgan fingerprint density at radius 1 is 1.44 bits per heavy atom. The third-order valence-electron chi connectivity index (χ3n) is 4.36. The van der Waals surface area contributed by atoms with Crippen LogP contribution in [0.1, 0.15) is 26.3 Å². The Balaban J connectivity index is 2.18. The number of aliphatic imine (C=N–C) groups is 1. The summed E-state index contributed by atoms with van der Waals surface area (Å²) < 4.78 is 23.7. The topological polar surface area (TPSA) is 77.9 Å². The molecule has 0 spiro atoms. The Bertz CT molecular complexity index is 728. The highest BCUT2D eigenvalue weighted by molar-refractivity contribution is 7.92. The van der Waals surface area contributed by atoms with E-state index in [-0.39, 0.29) is 5.75 Å². The smallest absolute Gasteiger partial charge is 0.194 e. The molecule has 1 aromatic rings. The molecule has 2 rings (SSSR count). The second-order valence-corrected chi connectivity index (χ2v) is 9.83. The second-order valence-electron chi connectivity index (χ2n) is 7.09. The van der Waals surface area contributed by atoms with Gasteiger partial charge in [-0.15, -0.1) is 0 Å². The van der Waals surface area contributed by atoms with Crippen LogP contribution in [0, 0.1) is 0 Å². The second kappa shape index (κ2) is 7.59. The number of pyridine rings is 1. The number of sulfone groups is 1. The monoisotopic (exact) mass is 367 g/mol. The van der Waals surface area contributed by atoms with Gasteiger partial charge in [-0.25, -0.2) is 18.4 Å². The van der Waals surface area contributed by atoms with E-state index in [4.69, 9.17) is 4.99 Å². The van der Waals surface area contributed by atoms with Gasteiger partial charge in [0.2, 0.25) is 0 Å². The van der Waals surface area contributed by atoms with Gasteiger partial charge >= 0.3 is 0 Å². The molecule has 1 N–H and O–H groups in total. The number of guanidine groups is 1. The summed E-state index contributed by atoms with van der Waals surface area (Å²) in [4.78, 5) is 13.0. The zero-order valence-electron chi connectivity index (χ0n) is 15.8. The first-order valence-corrected chi connectivity index (χ1v) is 10.2. The van der Waals surface area contributed by atoms with Crippen LogP contribution in [-0.2, 0) is 16.4 Å². The van der Waals surface area contributed by atoms with E-state index in [0.717, 1.165) is 23.9 Å². The summed E-state index contributed by atoms with van der Waals surface area (Å²) in [5.41, 5.74) is 1.07. The first-order valence-electron chi connectivity index (χ1n) is 8.54. The fourth-order valence-electron chi connectivity index (χ4n) is 2.72. The van der Waals surface area contributed by atoms with E-state index in [2.05, 4.69) is 10.3 Å². The lowest BCUT2D eigenvalue weighted by molar-refractivity contribution is 0.353. The number of aromatic nitrogens is 1. The summed E-state index contributed by atoms with van der Waals surface area (Å²) in [5, 5.41) is 3.28. The number of hydrogen-bond acceptors (Lipinski definition) is 5. The van der Waals surface area contributed by atoms with Gasteiger partial charge in [-0.05, 0) is 38.5 Å². The van der Waals surface area contributed by atoms with Crippen molar-refractivity contribution in [3.05, 3.63) is 23.9 Å². The van der Waals surface area contributed by atoms with Crippen molar-refractivity contribution in [3.63, 3.8) is 0 Å². The van der Waals surface area contributed by atoms with Crippen LogP contribution in [-0.4, -0.2) is 68.5 Å². The van der Waals surface area contributed by atoms with Gasteiger partial charge < -0.3 is 15.1 Å². The van der Waals surface area contributed by atoms with Crippen LogP contribution in [0.2, 0.25) is 0 Å². The predicted molar refractivity (Wildman–Crippen MR) is 103 cm³/mol. The molecule has 1 aliphatic heterocycles. The van der Waals surface area contributed by atoms with Crippen molar-refractivity contribution in [2.24, 2.45) is 4.99 Å². The Kier molecular flexibility index (Phi) is 5.92. The Morgan fingerprint density at radius 2 is 2.16 bits per heavy atom. The molecule has 7 nitrogen and oxygen atoms in total. The third-order valence-corrected chi connectivity index (χ3v) is 6.89. The van der Waals surface area contributed by atoms with E-state index in [1.807, 2.05) is 43.0 Å². The third kappa shape index (κ3) is 4.62. The molecular formula is C17H29N5O2S. The highest BCUT2D eigenvalue weighted by atomic mass is 32.2. The highest BCUT2D eigenvalue weighted by Gasteiger charge is 2.40. The van der Waals surface area contributed by atoms with E-state index in [0.29, 0.717) is 19.6 Å². The zero-order valence-corrected chi connectivity index (χ0v) is 16.6. The van der Waals surface area contributed by atoms with Gasteiger partial charge in [0.05, 0.1) is 17.0 Å². The lowest BCUT2D eigenvalue weighted by atomic mass is 10.2. The van der Waals surface area contributed by atoms with Crippen LogP contribution in [0.15, 0.2) is 23.3 Å². The van der Waals surface area contributed by atoms with Gasteiger partial charge in [0, 0.05) is 39.9 Å². The molecule has 1 saturated heterocycles. The summed E-state index contributed by atoms with van der Waals surface area (Å²) in [5.74, 6) is 1.81. The molecule has 0 amide bonds. The SMILES string of the molecule is CCNC(=NCc1ccnc(N(C)C)c1)N1CCS(=O)(=O)C(C)(C)C1. The molecule has 8 heteroatoms. The van der Waals surface area contributed by atoms with E-state index in [9.17, 15) is 8.42 Å². The largest absolute Gasteiger partial charge is 0.363 e. The Hall–Kier alpha value is -1.83. The molecule has 0 bridgehead atoms. The molecule has 0 saturated carbocycles. The van der Waals surface area contributed by atoms with Gasteiger partial charge in [-0.1, -0.05) is 0 Å². The molecule has 0 aliphatic carbocycles. The van der Waals surface area contributed by atoms with Gasteiger partial charge in [0.25, 0.3) is 0 Å². The number of nitrogens with zero attached hydrogens (tertiary/aromatic N) is 4. The fourth-order valence-corrected chi connectivity index (χ4v) is 4.09. The zero-order chi connectivity index (χ0) is 18.7. The number of rotatable bonds is 4. The first-order chi connectivity index (χ1) is 11.7.